The summed E-state index contributed by atoms with van der Waals surface area (Å²) < 4.78 is 0. The molecule has 2 atom stereocenters. The Bertz CT molecular complexity index is 414. The first-order chi connectivity index (χ1) is 9.85. The molecule has 120 valence electrons. The minimum absolute atomic E-state index is 0.00633. The lowest BCUT2D eigenvalue weighted by molar-refractivity contribution is -0.143. The molecule has 0 bridgehead atoms. The van der Waals surface area contributed by atoms with Crippen molar-refractivity contribution in [2.75, 3.05) is 25.4 Å². The van der Waals surface area contributed by atoms with Crippen LogP contribution in [0.5, 0.6) is 0 Å². The summed E-state index contributed by atoms with van der Waals surface area (Å²) in [5, 5.41) is 9.46. The molecule has 0 aromatic carbocycles. The average Bonchev–Trinajstić information content (AvgIpc) is 2.80. The Morgan fingerprint density at radius 3 is 2.62 bits per heavy atom. The molecule has 2 amide bonds. The Labute approximate surface area is 131 Å². The van der Waals surface area contributed by atoms with E-state index < -0.39 is 6.10 Å². The summed E-state index contributed by atoms with van der Waals surface area (Å²) >= 11 is 1.79. The Morgan fingerprint density at radius 2 is 2.00 bits per heavy atom. The summed E-state index contributed by atoms with van der Waals surface area (Å²) in [6, 6.07) is 0. The lowest BCUT2D eigenvalue weighted by Gasteiger charge is -2.45. The normalized spacial score (nSPS) is 27.5. The van der Waals surface area contributed by atoms with Crippen LogP contribution >= 0.6 is 11.8 Å². The van der Waals surface area contributed by atoms with Gasteiger partial charge in [0.2, 0.25) is 11.8 Å². The minimum atomic E-state index is -0.614. The first-order valence-electron chi connectivity index (χ1n) is 7.77. The quantitative estimate of drug-likeness (QED) is 0.853. The number of likely N-dealkylation sites (tertiary alicyclic amines) is 1. The Balaban J connectivity index is 2.12. The molecule has 1 spiro atoms. The molecule has 1 N–H and O–H groups in total. The van der Waals surface area contributed by atoms with Gasteiger partial charge in [-0.1, -0.05) is 13.8 Å². The van der Waals surface area contributed by atoms with Gasteiger partial charge in [0, 0.05) is 24.8 Å². The Kier molecular flexibility index (Phi) is 5.20. The van der Waals surface area contributed by atoms with Crippen LogP contribution in [-0.4, -0.2) is 63.1 Å². The van der Waals surface area contributed by atoms with E-state index in [0.717, 1.165) is 31.7 Å². The summed E-state index contributed by atoms with van der Waals surface area (Å²) in [5.74, 6) is 1.08. The van der Waals surface area contributed by atoms with E-state index in [1.54, 1.807) is 18.7 Å². The molecule has 2 fully saturated rings. The van der Waals surface area contributed by atoms with Gasteiger partial charge in [0.05, 0.1) is 19.1 Å². The van der Waals surface area contributed by atoms with E-state index in [1.807, 2.05) is 23.6 Å². The van der Waals surface area contributed by atoms with E-state index in [4.69, 9.17) is 0 Å². The molecule has 6 heteroatoms. The zero-order valence-electron chi connectivity index (χ0n) is 13.2. The summed E-state index contributed by atoms with van der Waals surface area (Å²) in [7, 11) is 0. The number of thioether (sulfide) groups is 1. The average molecular weight is 314 g/mol. The molecule has 0 aromatic heterocycles. The van der Waals surface area contributed by atoms with Gasteiger partial charge >= 0.3 is 0 Å². The number of carbonyl (C=O) groups is 2. The molecule has 0 aliphatic carbocycles. The maximum absolute atomic E-state index is 12.4. The number of piperidine rings is 1. The molecule has 2 aliphatic heterocycles. The van der Waals surface area contributed by atoms with Gasteiger partial charge in [-0.05, 0) is 19.8 Å². The van der Waals surface area contributed by atoms with Crippen molar-refractivity contribution in [3.63, 3.8) is 0 Å². The van der Waals surface area contributed by atoms with E-state index >= 15 is 0 Å². The molecular formula is C15H26N2O3S. The highest BCUT2D eigenvalue weighted by Crippen LogP contribution is 2.43. The van der Waals surface area contributed by atoms with Crippen molar-refractivity contribution in [1.29, 1.82) is 0 Å². The number of hydrogen-bond donors (Lipinski definition) is 1. The molecule has 2 saturated heterocycles. The first kappa shape index (κ1) is 16.6. The van der Waals surface area contributed by atoms with Gasteiger partial charge in [-0.2, -0.15) is 0 Å². The lowest BCUT2D eigenvalue weighted by Crippen LogP contribution is -2.57. The van der Waals surface area contributed by atoms with Crippen LogP contribution in [0.3, 0.4) is 0 Å². The SMILES string of the molecule is CC(C)C(=O)N1CCCC2(C1)SCCN2C(=O)C[C@@H](C)O. The van der Waals surface area contributed by atoms with E-state index in [9.17, 15) is 14.7 Å². The third-order valence-electron chi connectivity index (χ3n) is 4.19. The molecule has 5 nitrogen and oxygen atoms in total. The highest BCUT2D eigenvalue weighted by molar-refractivity contribution is 8.00. The Hall–Kier alpha value is -0.750. The summed E-state index contributed by atoms with van der Waals surface area (Å²) in [6.07, 6.45) is 1.42. The summed E-state index contributed by atoms with van der Waals surface area (Å²) in [4.78, 5) is 28.2. The lowest BCUT2D eigenvalue weighted by atomic mass is 10.0. The van der Waals surface area contributed by atoms with Gasteiger partial charge in [-0.15, -0.1) is 11.8 Å². The van der Waals surface area contributed by atoms with Crippen LogP contribution in [0.2, 0.25) is 0 Å². The molecule has 0 aromatic rings. The first-order valence-corrected chi connectivity index (χ1v) is 8.75. The zero-order chi connectivity index (χ0) is 15.6. The summed E-state index contributed by atoms with van der Waals surface area (Å²) in [6.45, 7) is 7.62. The van der Waals surface area contributed by atoms with Crippen molar-refractivity contribution in [3.8, 4) is 0 Å². The molecule has 1 unspecified atom stereocenters. The molecule has 2 heterocycles. The van der Waals surface area contributed by atoms with Gasteiger partial charge in [-0.3, -0.25) is 9.59 Å². The topological polar surface area (TPSA) is 60.9 Å². The number of amides is 2. The van der Waals surface area contributed by atoms with E-state index in [2.05, 4.69) is 0 Å². The number of aliphatic hydroxyl groups excluding tert-OH is 1. The van der Waals surface area contributed by atoms with Gasteiger partial charge < -0.3 is 14.9 Å². The number of nitrogens with zero attached hydrogens (tertiary/aromatic N) is 2. The van der Waals surface area contributed by atoms with Crippen LogP contribution in [0.25, 0.3) is 0 Å². The molecular weight excluding hydrogens is 288 g/mol. The van der Waals surface area contributed by atoms with Gasteiger partial charge in [0.15, 0.2) is 0 Å². The van der Waals surface area contributed by atoms with Crippen molar-refractivity contribution in [3.05, 3.63) is 0 Å². The second-order valence-corrected chi connectivity index (χ2v) is 7.87. The van der Waals surface area contributed by atoms with Crippen LogP contribution in [-0.2, 0) is 9.59 Å². The zero-order valence-corrected chi connectivity index (χ0v) is 14.0. The van der Waals surface area contributed by atoms with Crippen LogP contribution < -0.4 is 0 Å². The van der Waals surface area contributed by atoms with Gasteiger partial charge in [0.1, 0.15) is 4.87 Å². The van der Waals surface area contributed by atoms with E-state index in [1.165, 1.54) is 0 Å². The number of aliphatic hydroxyl groups is 1. The van der Waals surface area contributed by atoms with Gasteiger partial charge in [-0.25, -0.2) is 0 Å². The standard InChI is InChI=1S/C15H26N2O3S/c1-11(2)14(20)16-6-4-5-15(10-16)17(7-8-21-15)13(19)9-12(3)18/h11-12,18H,4-10H2,1-3H3/t12-,15?/m1/s1. The maximum atomic E-state index is 12.4. The fraction of sp³-hybridized carbons (Fsp3) is 0.867. The number of hydrogen-bond acceptors (Lipinski definition) is 4. The monoisotopic (exact) mass is 314 g/mol. The summed E-state index contributed by atoms with van der Waals surface area (Å²) in [5.41, 5.74) is 0. The molecule has 0 radical (unpaired) electrons. The fourth-order valence-electron chi connectivity index (χ4n) is 3.22. The van der Waals surface area contributed by atoms with Crippen molar-refractivity contribution in [1.82, 2.24) is 9.80 Å². The Morgan fingerprint density at radius 1 is 1.29 bits per heavy atom. The largest absolute Gasteiger partial charge is 0.393 e. The third-order valence-corrected chi connectivity index (χ3v) is 5.67. The van der Waals surface area contributed by atoms with Crippen LogP contribution in [0.1, 0.15) is 40.0 Å². The van der Waals surface area contributed by atoms with Crippen molar-refractivity contribution >= 4 is 23.6 Å². The van der Waals surface area contributed by atoms with Crippen LogP contribution in [0, 0.1) is 5.92 Å². The van der Waals surface area contributed by atoms with Crippen LogP contribution in [0.15, 0.2) is 0 Å². The smallest absolute Gasteiger partial charge is 0.226 e. The van der Waals surface area contributed by atoms with E-state index in [0.29, 0.717) is 6.54 Å². The fourth-order valence-corrected chi connectivity index (χ4v) is 4.76. The van der Waals surface area contributed by atoms with E-state index in [-0.39, 0.29) is 29.0 Å². The maximum Gasteiger partial charge on any atom is 0.226 e. The van der Waals surface area contributed by atoms with Crippen molar-refractivity contribution in [2.45, 2.75) is 51.0 Å². The predicted molar refractivity (Wildman–Crippen MR) is 83.9 cm³/mol. The van der Waals surface area contributed by atoms with Crippen molar-refractivity contribution in [2.24, 2.45) is 5.92 Å². The number of rotatable bonds is 3. The second-order valence-electron chi connectivity index (χ2n) is 6.41. The highest BCUT2D eigenvalue weighted by atomic mass is 32.2. The molecule has 21 heavy (non-hydrogen) atoms. The molecule has 2 rings (SSSR count). The van der Waals surface area contributed by atoms with Gasteiger partial charge in [0.25, 0.3) is 0 Å². The van der Waals surface area contributed by atoms with Crippen LogP contribution in [0.4, 0.5) is 0 Å². The highest BCUT2D eigenvalue weighted by Gasteiger charge is 2.47. The third kappa shape index (κ3) is 3.54. The second kappa shape index (κ2) is 6.57. The predicted octanol–water partition coefficient (Wildman–Crippen LogP) is 1.31. The van der Waals surface area contributed by atoms with Crippen molar-refractivity contribution < 1.29 is 14.7 Å². The number of carbonyl (C=O) groups excluding carboxylic acids is 2. The minimum Gasteiger partial charge on any atom is -0.393 e. The molecule has 2 aliphatic rings. The molecule has 0 saturated carbocycles.